The molecule has 15 heavy (non-hydrogen) atoms. The summed E-state index contributed by atoms with van der Waals surface area (Å²) in [5.41, 5.74) is 7.94. The van der Waals surface area contributed by atoms with Gasteiger partial charge in [-0.2, -0.15) is 0 Å². The first kappa shape index (κ1) is 10.8. The summed E-state index contributed by atoms with van der Waals surface area (Å²) in [6.45, 7) is 1.98. The smallest absolute Gasteiger partial charge is 0.172 e. The number of benzene rings is 1. The molecular weight excluding hydrogens is 258 g/mol. The highest BCUT2D eigenvalue weighted by molar-refractivity contribution is 9.10. The summed E-state index contributed by atoms with van der Waals surface area (Å²) in [7, 11) is 1.54. The van der Waals surface area contributed by atoms with E-state index in [0.717, 1.165) is 24.0 Å². The van der Waals surface area contributed by atoms with E-state index in [2.05, 4.69) is 15.9 Å². The van der Waals surface area contributed by atoms with Crippen LogP contribution in [0.1, 0.15) is 24.0 Å². The third-order valence-corrected chi connectivity index (χ3v) is 3.68. The molecule has 0 bridgehead atoms. The lowest BCUT2D eigenvalue weighted by Gasteiger charge is -2.18. The number of methoxy groups -OCH3 is 1. The molecule has 1 aromatic carbocycles. The van der Waals surface area contributed by atoms with Crippen LogP contribution < -0.4 is 10.5 Å². The quantitative estimate of drug-likeness (QED) is 0.869. The van der Waals surface area contributed by atoms with Crippen LogP contribution in [0, 0.1) is 6.92 Å². The zero-order valence-electron chi connectivity index (χ0n) is 8.80. The summed E-state index contributed by atoms with van der Waals surface area (Å²) < 4.78 is 5.74. The molecule has 0 atom stereocenters. The Balaban J connectivity index is 2.61. The van der Waals surface area contributed by atoms with Gasteiger partial charge in [0.2, 0.25) is 0 Å². The predicted molar refractivity (Wildman–Crippen MR) is 62.2 cm³/mol. The monoisotopic (exact) mass is 271 g/mol. The van der Waals surface area contributed by atoms with Crippen molar-refractivity contribution in [1.29, 1.82) is 0 Å². The molecule has 1 saturated carbocycles. The van der Waals surface area contributed by atoms with Gasteiger partial charge in [-0.1, -0.05) is 0 Å². The van der Waals surface area contributed by atoms with E-state index in [1.54, 1.807) is 0 Å². The normalized spacial score (nSPS) is 17.6. The average molecular weight is 272 g/mol. The molecule has 0 aromatic heterocycles. The van der Waals surface area contributed by atoms with Gasteiger partial charge in [-0.15, -0.1) is 0 Å². The zero-order chi connectivity index (χ0) is 11.2. The highest BCUT2D eigenvalue weighted by Crippen LogP contribution is 2.51. The standard InChI is InChI=1S/C11H14BrNO2/c1-6-5-7(15-2)10(14)9(12)8(6)11(13)3-4-11/h5,14H,3-4,13H2,1-2H3. The van der Waals surface area contributed by atoms with Crippen LogP contribution in [-0.2, 0) is 5.54 Å². The van der Waals surface area contributed by atoms with Gasteiger partial charge in [0.25, 0.3) is 0 Å². The third kappa shape index (κ3) is 1.62. The largest absolute Gasteiger partial charge is 0.503 e. The van der Waals surface area contributed by atoms with E-state index < -0.39 is 0 Å². The van der Waals surface area contributed by atoms with E-state index in [1.807, 2.05) is 13.0 Å². The Morgan fingerprint density at radius 3 is 2.60 bits per heavy atom. The molecule has 1 aliphatic rings. The van der Waals surface area contributed by atoms with Crippen LogP contribution in [0.4, 0.5) is 0 Å². The summed E-state index contributed by atoms with van der Waals surface area (Å²) >= 11 is 3.39. The summed E-state index contributed by atoms with van der Waals surface area (Å²) in [4.78, 5) is 0. The maximum atomic E-state index is 9.87. The first-order valence-corrected chi connectivity index (χ1v) is 5.64. The number of aromatic hydroxyl groups is 1. The topological polar surface area (TPSA) is 55.5 Å². The van der Waals surface area contributed by atoms with Crippen molar-refractivity contribution in [3.8, 4) is 11.5 Å². The molecule has 3 nitrogen and oxygen atoms in total. The minimum Gasteiger partial charge on any atom is -0.503 e. The molecule has 0 amide bonds. The lowest BCUT2D eigenvalue weighted by molar-refractivity contribution is 0.370. The van der Waals surface area contributed by atoms with Crippen molar-refractivity contribution in [3.05, 3.63) is 21.7 Å². The van der Waals surface area contributed by atoms with E-state index in [9.17, 15) is 5.11 Å². The van der Waals surface area contributed by atoms with Gasteiger partial charge in [0.05, 0.1) is 11.6 Å². The maximum Gasteiger partial charge on any atom is 0.172 e. The Labute approximate surface area is 97.4 Å². The number of halogens is 1. The summed E-state index contributed by atoms with van der Waals surface area (Å²) in [6.07, 6.45) is 1.94. The number of ether oxygens (including phenoxy) is 1. The van der Waals surface area contributed by atoms with Crippen molar-refractivity contribution in [1.82, 2.24) is 0 Å². The molecular formula is C11H14BrNO2. The number of hydrogen-bond acceptors (Lipinski definition) is 3. The van der Waals surface area contributed by atoms with Crippen LogP contribution in [0.3, 0.4) is 0 Å². The van der Waals surface area contributed by atoms with Crippen LogP contribution in [0.5, 0.6) is 11.5 Å². The first-order chi connectivity index (χ1) is 6.99. The van der Waals surface area contributed by atoms with Gasteiger partial charge < -0.3 is 15.6 Å². The van der Waals surface area contributed by atoms with E-state index in [4.69, 9.17) is 10.5 Å². The number of hydrogen-bond donors (Lipinski definition) is 2. The Hall–Kier alpha value is -0.740. The Bertz CT molecular complexity index is 414. The van der Waals surface area contributed by atoms with Crippen LogP contribution in [0.15, 0.2) is 10.5 Å². The van der Waals surface area contributed by atoms with Crippen molar-refractivity contribution < 1.29 is 9.84 Å². The first-order valence-electron chi connectivity index (χ1n) is 4.85. The fraction of sp³-hybridized carbons (Fsp3) is 0.455. The average Bonchev–Trinajstić information content (AvgIpc) is 2.91. The van der Waals surface area contributed by atoms with Gasteiger partial charge in [-0.05, 0) is 52.9 Å². The van der Waals surface area contributed by atoms with Gasteiger partial charge in [-0.3, -0.25) is 0 Å². The van der Waals surface area contributed by atoms with Gasteiger partial charge in [-0.25, -0.2) is 0 Å². The Kier molecular flexibility index (Phi) is 2.43. The third-order valence-electron chi connectivity index (χ3n) is 2.91. The lowest BCUT2D eigenvalue weighted by Crippen LogP contribution is -2.20. The number of aryl methyl sites for hydroxylation is 1. The molecule has 2 rings (SSSR count). The van der Waals surface area contributed by atoms with Gasteiger partial charge in [0.15, 0.2) is 11.5 Å². The molecule has 1 fully saturated rings. The zero-order valence-corrected chi connectivity index (χ0v) is 10.4. The van der Waals surface area contributed by atoms with Crippen molar-refractivity contribution >= 4 is 15.9 Å². The molecule has 1 aromatic rings. The highest BCUT2D eigenvalue weighted by Gasteiger charge is 2.43. The molecule has 0 saturated heterocycles. The lowest BCUT2D eigenvalue weighted by atomic mass is 9.99. The Morgan fingerprint density at radius 2 is 2.13 bits per heavy atom. The summed E-state index contributed by atoms with van der Waals surface area (Å²) in [5, 5.41) is 9.87. The predicted octanol–water partition coefficient (Wildman–Crippen LogP) is 2.42. The van der Waals surface area contributed by atoms with Crippen LogP contribution in [-0.4, -0.2) is 12.2 Å². The number of phenols is 1. The van der Waals surface area contributed by atoms with Gasteiger partial charge in [0, 0.05) is 5.54 Å². The number of nitrogens with two attached hydrogens (primary N) is 1. The molecule has 0 unspecified atom stereocenters. The maximum absolute atomic E-state index is 9.87. The SMILES string of the molecule is COc1cc(C)c(C2(N)CC2)c(Br)c1O. The highest BCUT2D eigenvalue weighted by atomic mass is 79.9. The molecule has 0 radical (unpaired) electrons. The van der Waals surface area contributed by atoms with Crippen LogP contribution in [0.25, 0.3) is 0 Å². The van der Waals surface area contributed by atoms with Crippen LogP contribution >= 0.6 is 15.9 Å². The van der Waals surface area contributed by atoms with Gasteiger partial charge >= 0.3 is 0 Å². The second-order valence-corrected chi connectivity index (χ2v) is 4.88. The second kappa shape index (κ2) is 3.39. The van der Waals surface area contributed by atoms with Crippen molar-refractivity contribution in [2.75, 3.05) is 7.11 Å². The molecule has 0 spiro atoms. The van der Waals surface area contributed by atoms with Crippen LogP contribution in [0.2, 0.25) is 0 Å². The fourth-order valence-electron chi connectivity index (χ4n) is 1.89. The molecule has 3 N–H and O–H groups in total. The number of phenolic OH excluding ortho intramolecular Hbond substituents is 1. The van der Waals surface area contributed by atoms with Crippen molar-refractivity contribution in [2.45, 2.75) is 25.3 Å². The summed E-state index contributed by atoms with van der Waals surface area (Å²) in [5.74, 6) is 0.613. The van der Waals surface area contributed by atoms with E-state index >= 15 is 0 Å². The van der Waals surface area contributed by atoms with E-state index in [1.165, 1.54) is 7.11 Å². The fourth-order valence-corrected chi connectivity index (χ4v) is 2.79. The van der Waals surface area contributed by atoms with E-state index in [-0.39, 0.29) is 11.3 Å². The number of rotatable bonds is 2. The molecule has 0 aliphatic heterocycles. The van der Waals surface area contributed by atoms with Gasteiger partial charge in [0.1, 0.15) is 0 Å². The molecule has 0 heterocycles. The minimum absolute atomic E-state index is 0.134. The van der Waals surface area contributed by atoms with Crippen molar-refractivity contribution in [3.63, 3.8) is 0 Å². The molecule has 4 heteroatoms. The molecule has 1 aliphatic carbocycles. The van der Waals surface area contributed by atoms with Crippen molar-refractivity contribution in [2.24, 2.45) is 5.73 Å². The second-order valence-electron chi connectivity index (χ2n) is 4.09. The van der Waals surface area contributed by atoms with E-state index in [0.29, 0.717) is 10.2 Å². The Morgan fingerprint density at radius 1 is 1.53 bits per heavy atom. The summed E-state index contributed by atoms with van der Waals surface area (Å²) in [6, 6.07) is 1.82. The molecule has 82 valence electrons. The minimum atomic E-state index is -0.257.